The lowest BCUT2D eigenvalue weighted by Crippen LogP contribution is -2.24. The number of rotatable bonds is 6. The van der Waals surface area contributed by atoms with Crippen molar-refractivity contribution in [2.75, 3.05) is 18.6 Å². The molecule has 1 amide bonds. The molecule has 16 heavy (non-hydrogen) atoms. The van der Waals surface area contributed by atoms with Crippen molar-refractivity contribution in [2.45, 2.75) is 12.8 Å². The Bertz CT molecular complexity index is 347. The number of amides is 1. The van der Waals surface area contributed by atoms with E-state index in [2.05, 4.69) is 32.5 Å². The summed E-state index contributed by atoms with van der Waals surface area (Å²) in [5.74, 6) is 1.11. The molecule has 5 heteroatoms. The first-order valence-corrected chi connectivity index (χ1v) is 7.31. The van der Waals surface area contributed by atoms with Crippen LogP contribution in [0.1, 0.15) is 23.2 Å². The standard InChI is InChI=1S/C11H15BrN2OS/c1-16-7-3-2-5-14-11(15)9-4-6-13-10(12)8-9/h4,6,8H,2-3,5,7H2,1H3,(H,14,15). The van der Waals surface area contributed by atoms with Crippen LogP contribution in [0.5, 0.6) is 0 Å². The van der Waals surface area contributed by atoms with Crippen LogP contribution < -0.4 is 5.32 Å². The minimum atomic E-state index is -0.0350. The van der Waals surface area contributed by atoms with Gasteiger partial charge in [-0.3, -0.25) is 4.79 Å². The number of hydrogen-bond donors (Lipinski definition) is 1. The molecular formula is C11H15BrN2OS. The van der Waals surface area contributed by atoms with Gasteiger partial charge in [0, 0.05) is 18.3 Å². The average Bonchev–Trinajstić information content (AvgIpc) is 2.28. The van der Waals surface area contributed by atoms with Crippen molar-refractivity contribution < 1.29 is 4.79 Å². The SMILES string of the molecule is CSCCCCNC(=O)c1ccnc(Br)c1. The van der Waals surface area contributed by atoms with E-state index in [1.807, 2.05) is 11.8 Å². The summed E-state index contributed by atoms with van der Waals surface area (Å²) in [6, 6.07) is 3.43. The smallest absolute Gasteiger partial charge is 0.251 e. The molecule has 0 saturated heterocycles. The zero-order chi connectivity index (χ0) is 11.8. The quantitative estimate of drug-likeness (QED) is 0.649. The van der Waals surface area contributed by atoms with Crippen LogP contribution in [0.25, 0.3) is 0 Å². The fraction of sp³-hybridized carbons (Fsp3) is 0.455. The highest BCUT2D eigenvalue weighted by molar-refractivity contribution is 9.10. The number of thioether (sulfide) groups is 1. The van der Waals surface area contributed by atoms with Crippen LogP contribution in [0, 0.1) is 0 Å². The van der Waals surface area contributed by atoms with Crippen molar-refractivity contribution in [1.82, 2.24) is 10.3 Å². The first kappa shape index (κ1) is 13.5. The molecule has 3 nitrogen and oxygen atoms in total. The summed E-state index contributed by atoms with van der Waals surface area (Å²) in [7, 11) is 0. The van der Waals surface area contributed by atoms with Crippen molar-refractivity contribution in [3.05, 3.63) is 28.5 Å². The van der Waals surface area contributed by atoms with E-state index in [-0.39, 0.29) is 5.91 Å². The predicted molar refractivity (Wildman–Crippen MR) is 71.9 cm³/mol. The molecule has 0 spiro atoms. The Balaban J connectivity index is 2.30. The number of carbonyl (C=O) groups is 1. The van der Waals surface area contributed by atoms with Gasteiger partial charge in [-0.15, -0.1) is 0 Å². The Labute approximate surface area is 109 Å². The molecule has 0 atom stereocenters. The summed E-state index contributed by atoms with van der Waals surface area (Å²) in [6.45, 7) is 0.735. The van der Waals surface area contributed by atoms with Gasteiger partial charge in [0.05, 0.1) is 0 Å². The van der Waals surface area contributed by atoms with Gasteiger partial charge < -0.3 is 5.32 Å². The molecule has 0 saturated carbocycles. The number of unbranched alkanes of at least 4 members (excludes halogenated alkanes) is 1. The molecule has 0 radical (unpaired) electrons. The molecular weight excluding hydrogens is 288 g/mol. The third-order valence-corrected chi connectivity index (χ3v) is 3.18. The normalized spacial score (nSPS) is 10.1. The van der Waals surface area contributed by atoms with Crippen LogP contribution in [0.2, 0.25) is 0 Å². The number of nitrogens with zero attached hydrogens (tertiary/aromatic N) is 1. The van der Waals surface area contributed by atoms with E-state index in [1.165, 1.54) is 0 Å². The molecule has 1 rings (SSSR count). The highest BCUT2D eigenvalue weighted by Gasteiger charge is 2.04. The molecule has 0 fully saturated rings. The molecule has 1 heterocycles. The Kier molecular flexibility index (Phi) is 6.49. The second-order valence-corrected chi connectivity index (χ2v) is 5.12. The van der Waals surface area contributed by atoms with Crippen LogP contribution in [0.15, 0.2) is 22.9 Å². The van der Waals surface area contributed by atoms with Crippen LogP contribution in [0.4, 0.5) is 0 Å². The zero-order valence-corrected chi connectivity index (χ0v) is 11.6. The van der Waals surface area contributed by atoms with Crippen LogP contribution in [-0.2, 0) is 0 Å². The maximum absolute atomic E-state index is 11.7. The third-order valence-electron chi connectivity index (χ3n) is 2.05. The van der Waals surface area contributed by atoms with E-state index < -0.39 is 0 Å². The van der Waals surface area contributed by atoms with Crippen molar-refractivity contribution in [3.8, 4) is 0 Å². The van der Waals surface area contributed by atoms with Crippen LogP contribution >= 0.6 is 27.7 Å². The number of pyridine rings is 1. The first-order chi connectivity index (χ1) is 7.74. The van der Waals surface area contributed by atoms with Gasteiger partial charge in [0.15, 0.2) is 0 Å². The maximum Gasteiger partial charge on any atom is 0.251 e. The fourth-order valence-corrected chi connectivity index (χ4v) is 2.08. The van der Waals surface area contributed by atoms with Gasteiger partial charge in [-0.2, -0.15) is 11.8 Å². The fourth-order valence-electron chi connectivity index (χ4n) is 1.22. The molecule has 0 aliphatic heterocycles. The number of carbonyl (C=O) groups excluding carboxylic acids is 1. The summed E-state index contributed by atoms with van der Waals surface area (Å²) in [6.07, 6.45) is 5.88. The van der Waals surface area contributed by atoms with Gasteiger partial charge in [-0.05, 0) is 52.9 Å². The average molecular weight is 303 g/mol. The maximum atomic E-state index is 11.7. The lowest BCUT2D eigenvalue weighted by Gasteiger charge is -2.04. The van der Waals surface area contributed by atoms with E-state index >= 15 is 0 Å². The van der Waals surface area contributed by atoms with Crippen LogP contribution in [-0.4, -0.2) is 29.4 Å². The minimum Gasteiger partial charge on any atom is -0.352 e. The Hall–Kier alpha value is -0.550. The number of aromatic nitrogens is 1. The van der Waals surface area contributed by atoms with Gasteiger partial charge in [0.25, 0.3) is 5.91 Å². The first-order valence-electron chi connectivity index (χ1n) is 5.12. The van der Waals surface area contributed by atoms with Gasteiger partial charge >= 0.3 is 0 Å². The molecule has 1 N–H and O–H groups in total. The zero-order valence-electron chi connectivity index (χ0n) is 9.20. The number of hydrogen-bond acceptors (Lipinski definition) is 3. The molecule has 0 aliphatic carbocycles. The van der Waals surface area contributed by atoms with Crippen molar-refractivity contribution in [1.29, 1.82) is 0 Å². The van der Waals surface area contributed by atoms with E-state index in [9.17, 15) is 4.79 Å². The second kappa shape index (κ2) is 7.68. The van der Waals surface area contributed by atoms with Crippen LogP contribution in [0.3, 0.4) is 0 Å². The van der Waals surface area contributed by atoms with Gasteiger partial charge in [-0.25, -0.2) is 4.98 Å². The van der Waals surface area contributed by atoms with E-state index in [1.54, 1.807) is 18.3 Å². The third kappa shape index (κ3) is 4.99. The highest BCUT2D eigenvalue weighted by Crippen LogP contribution is 2.07. The minimum absolute atomic E-state index is 0.0350. The molecule has 1 aromatic rings. The Morgan fingerprint density at radius 2 is 2.38 bits per heavy atom. The predicted octanol–water partition coefficient (Wildman–Crippen LogP) is 2.72. The Morgan fingerprint density at radius 1 is 1.56 bits per heavy atom. The van der Waals surface area contributed by atoms with E-state index in [0.717, 1.165) is 25.1 Å². The Morgan fingerprint density at radius 3 is 3.06 bits per heavy atom. The van der Waals surface area contributed by atoms with E-state index in [0.29, 0.717) is 10.2 Å². The summed E-state index contributed by atoms with van der Waals surface area (Å²) >= 11 is 5.07. The van der Waals surface area contributed by atoms with Gasteiger partial charge in [0.1, 0.15) is 4.60 Å². The summed E-state index contributed by atoms with van der Waals surface area (Å²) in [5, 5.41) is 2.89. The highest BCUT2D eigenvalue weighted by atomic mass is 79.9. The number of nitrogens with one attached hydrogen (secondary N) is 1. The van der Waals surface area contributed by atoms with Gasteiger partial charge in [0.2, 0.25) is 0 Å². The van der Waals surface area contributed by atoms with Crippen molar-refractivity contribution >= 4 is 33.6 Å². The molecule has 0 unspecified atom stereocenters. The lowest BCUT2D eigenvalue weighted by atomic mass is 10.2. The lowest BCUT2D eigenvalue weighted by molar-refractivity contribution is 0.0953. The summed E-state index contributed by atoms with van der Waals surface area (Å²) in [5.41, 5.74) is 0.645. The largest absolute Gasteiger partial charge is 0.352 e. The topological polar surface area (TPSA) is 42.0 Å². The van der Waals surface area contributed by atoms with Crippen molar-refractivity contribution in [3.63, 3.8) is 0 Å². The second-order valence-electron chi connectivity index (χ2n) is 3.32. The molecule has 0 aromatic carbocycles. The molecule has 0 bridgehead atoms. The number of halogens is 1. The van der Waals surface area contributed by atoms with Gasteiger partial charge in [-0.1, -0.05) is 0 Å². The summed E-state index contributed by atoms with van der Waals surface area (Å²) in [4.78, 5) is 15.6. The molecule has 88 valence electrons. The summed E-state index contributed by atoms with van der Waals surface area (Å²) < 4.78 is 0.683. The monoisotopic (exact) mass is 302 g/mol. The molecule has 1 aromatic heterocycles. The molecule has 0 aliphatic rings. The van der Waals surface area contributed by atoms with E-state index in [4.69, 9.17) is 0 Å². The van der Waals surface area contributed by atoms with Crippen molar-refractivity contribution in [2.24, 2.45) is 0 Å².